The number of benzene rings is 1. The van der Waals surface area contributed by atoms with Gasteiger partial charge in [-0.25, -0.2) is 8.78 Å². The molecule has 1 aliphatic heterocycles. The van der Waals surface area contributed by atoms with Gasteiger partial charge in [0.15, 0.2) is 5.82 Å². The quantitative estimate of drug-likeness (QED) is 0.914. The average Bonchev–Trinajstić information content (AvgIpc) is 2.96. The van der Waals surface area contributed by atoms with Crippen LogP contribution in [0.5, 0.6) is 0 Å². The molecule has 5 nitrogen and oxygen atoms in total. The second-order valence-electron chi connectivity index (χ2n) is 5.42. The summed E-state index contributed by atoms with van der Waals surface area (Å²) in [7, 11) is 0. The number of carboxylic acids is 1. The summed E-state index contributed by atoms with van der Waals surface area (Å²) in [6.07, 6.45) is 1.42. The van der Waals surface area contributed by atoms with E-state index in [1.54, 1.807) is 6.07 Å². The second kappa shape index (κ2) is 5.75. The van der Waals surface area contributed by atoms with Crippen LogP contribution >= 0.6 is 0 Å². The molecule has 1 atom stereocenters. The monoisotopic (exact) mass is 307 g/mol. The number of rotatable bonds is 3. The first-order chi connectivity index (χ1) is 10.5. The highest BCUT2D eigenvalue weighted by atomic mass is 19.1. The molecule has 3 rings (SSSR count). The van der Waals surface area contributed by atoms with Crippen molar-refractivity contribution in [1.82, 2.24) is 10.2 Å². The van der Waals surface area contributed by atoms with Gasteiger partial charge in [0.1, 0.15) is 11.6 Å². The van der Waals surface area contributed by atoms with Gasteiger partial charge in [-0.3, -0.25) is 9.89 Å². The number of nitrogens with zero attached hydrogens (tertiary/aromatic N) is 2. The highest BCUT2D eigenvalue weighted by Gasteiger charge is 2.26. The van der Waals surface area contributed by atoms with Crippen molar-refractivity contribution in [2.45, 2.75) is 12.8 Å². The molecule has 116 valence electrons. The number of piperidine rings is 1. The fraction of sp³-hybridized carbons (Fsp3) is 0.333. The maximum Gasteiger partial charge on any atom is 0.308 e. The Morgan fingerprint density at radius 2 is 2.00 bits per heavy atom. The first-order valence-electron chi connectivity index (χ1n) is 7.02. The Labute approximate surface area is 125 Å². The van der Waals surface area contributed by atoms with E-state index in [1.165, 1.54) is 12.1 Å². The number of hydrogen-bond acceptors (Lipinski definition) is 3. The second-order valence-corrected chi connectivity index (χ2v) is 5.42. The van der Waals surface area contributed by atoms with Crippen molar-refractivity contribution in [2.75, 3.05) is 18.0 Å². The Kier molecular flexibility index (Phi) is 3.79. The standard InChI is InChI=1S/C15H15F2N3O2/c16-11-4-10(5-12(17)6-11)13-7-14(19-18-13)20-3-1-2-9(8-20)15(21)22/h4-7,9H,1-3,8H2,(H,18,19)(H,21,22). The first-order valence-corrected chi connectivity index (χ1v) is 7.02. The summed E-state index contributed by atoms with van der Waals surface area (Å²) < 4.78 is 26.5. The zero-order chi connectivity index (χ0) is 15.7. The van der Waals surface area contributed by atoms with Crippen LogP contribution in [0.2, 0.25) is 0 Å². The molecule has 1 aliphatic rings. The lowest BCUT2D eigenvalue weighted by Gasteiger charge is -2.30. The van der Waals surface area contributed by atoms with Gasteiger partial charge >= 0.3 is 5.97 Å². The van der Waals surface area contributed by atoms with Crippen molar-refractivity contribution < 1.29 is 18.7 Å². The number of anilines is 1. The summed E-state index contributed by atoms with van der Waals surface area (Å²) in [5.74, 6) is -1.95. The van der Waals surface area contributed by atoms with Crippen LogP contribution in [0.3, 0.4) is 0 Å². The molecular weight excluding hydrogens is 292 g/mol. The number of aromatic nitrogens is 2. The van der Waals surface area contributed by atoms with Crippen LogP contribution in [0.1, 0.15) is 12.8 Å². The number of aliphatic carboxylic acids is 1. The Balaban J connectivity index is 1.82. The zero-order valence-corrected chi connectivity index (χ0v) is 11.7. The maximum atomic E-state index is 13.3. The van der Waals surface area contributed by atoms with Gasteiger partial charge in [0, 0.05) is 30.8 Å². The summed E-state index contributed by atoms with van der Waals surface area (Å²) in [5, 5.41) is 16.0. The van der Waals surface area contributed by atoms with Crippen LogP contribution in [0, 0.1) is 17.6 Å². The average molecular weight is 307 g/mol. The Morgan fingerprint density at radius 3 is 2.68 bits per heavy atom. The van der Waals surface area contributed by atoms with Gasteiger partial charge in [-0.2, -0.15) is 5.10 Å². The van der Waals surface area contributed by atoms with E-state index < -0.39 is 23.5 Å². The summed E-state index contributed by atoms with van der Waals surface area (Å²) >= 11 is 0. The van der Waals surface area contributed by atoms with Crippen molar-refractivity contribution in [1.29, 1.82) is 0 Å². The van der Waals surface area contributed by atoms with E-state index in [9.17, 15) is 13.6 Å². The molecule has 1 aromatic heterocycles. The van der Waals surface area contributed by atoms with Crippen LogP contribution in [0.25, 0.3) is 11.3 Å². The molecule has 2 N–H and O–H groups in total. The van der Waals surface area contributed by atoms with Crippen molar-refractivity contribution in [2.24, 2.45) is 5.92 Å². The van der Waals surface area contributed by atoms with Crippen molar-refractivity contribution >= 4 is 11.8 Å². The molecule has 1 fully saturated rings. The van der Waals surface area contributed by atoms with E-state index in [0.717, 1.165) is 12.5 Å². The molecular formula is C15H15F2N3O2. The molecule has 22 heavy (non-hydrogen) atoms. The topological polar surface area (TPSA) is 69.2 Å². The van der Waals surface area contributed by atoms with E-state index in [4.69, 9.17) is 5.11 Å². The maximum absolute atomic E-state index is 13.3. The molecule has 7 heteroatoms. The highest BCUT2D eigenvalue weighted by Crippen LogP contribution is 2.26. The van der Waals surface area contributed by atoms with Gasteiger partial charge in [-0.15, -0.1) is 0 Å². The molecule has 1 saturated heterocycles. The van der Waals surface area contributed by atoms with E-state index in [2.05, 4.69) is 10.2 Å². The van der Waals surface area contributed by atoms with Crippen LogP contribution in [0.4, 0.5) is 14.6 Å². The number of H-pyrrole nitrogens is 1. The summed E-state index contributed by atoms with van der Waals surface area (Å²) in [4.78, 5) is 13.0. The Morgan fingerprint density at radius 1 is 1.27 bits per heavy atom. The van der Waals surface area contributed by atoms with Crippen LogP contribution < -0.4 is 4.90 Å². The highest BCUT2D eigenvalue weighted by molar-refractivity contribution is 5.71. The van der Waals surface area contributed by atoms with Crippen molar-refractivity contribution in [3.05, 3.63) is 35.9 Å². The molecule has 1 aromatic carbocycles. The number of nitrogens with one attached hydrogen (secondary N) is 1. The third-order valence-electron chi connectivity index (χ3n) is 3.83. The summed E-state index contributed by atoms with van der Waals surface area (Å²) in [5.41, 5.74) is 0.855. The number of aromatic amines is 1. The van der Waals surface area contributed by atoms with Crippen LogP contribution in [-0.2, 0) is 4.79 Å². The van der Waals surface area contributed by atoms with E-state index in [1.807, 2.05) is 4.90 Å². The lowest BCUT2D eigenvalue weighted by Crippen LogP contribution is -2.38. The van der Waals surface area contributed by atoms with Gasteiger partial charge in [0.2, 0.25) is 0 Å². The lowest BCUT2D eigenvalue weighted by atomic mass is 9.98. The predicted molar refractivity (Wildman–Crippen MR) is 76.5 cm³/mol. The third kappa shape index (κ3) is 2.93. The SMILES string of the molecule is O=C(O)C1CCCN(c2cc(-c3cc(F)cc(F)c3)[nH]n2)C1. The van der Waals surface area contributed by atoms with Gasteiger partial charge in [0.05, 0.1) is 11.6 Å². The third-order valence-corrected chi connectivity index (χ3v) is 3.83. The van der Waals surface area contributed by atoms with Crippen molar-refractivity contribution in [3.8, 4) is 11.3 Å². The molecule has 1 unspecified atom stereocenters. The first kappa shape index (κ1) is 14.5. The van der Waals surface area contributed by atoms with Gasteiger partial charge in [0.25, 0.3) is 0 Å². The minimum Gasteiger partial charge on any atom is -0.481 e. The van der Waals surface area contributed by atoms with E-state index >= 15 is 0 Å². The fourth-order valence-corrected chi connectivity index (χ4v) is 2.72. The molecule has 0 radical (unpaired) electrons. The molecule has 0 saturated carbocycles. The fourth-order valence-electron chi connectivity index (χ4n) is 2.72. The van der Waals surface area contributed by atoms with E-state index in [-0.39, 0.29) is 0 Å². The molecule has 0 spiro atoms. The Hall–Kier alpha value is -2.44. The molecule has 0 amide bonds. The van der Waals surface area contributed by atoms with Gasteiger partial charge in [-0.1, -0.05) is 0 Å². The number of carbonyl (C=O) groups is 1. The summed E-state index contributed by atoms with van der Waals surface area (Å²) in [6.45, 7) is 1.10. The van der Waals surface area contributed by atoms with Gasteiger partial charge in [-0.05, 0) is 25.0 Å². The zero-order valence-electron chi connectivity index (χ0n) is 11.7. The number of halogens is 2. The number of hydrogen-bond donors (Lipinski definition) is 2. The largest absolute Gasteiger partial charge is 0.481 e. The van der Waals surface area contributed by atoms with Gasteiger partial charge < -0.3 is 10.0 Å². The molecule has 0 aliphatic carbocycles. The molecule has 0 bridgehead atoms. The molecule has 2 aromatic rings. The predicted octanol–water partition coefficient (Wildman–Crippen LogP) is 2.66. The smallest absolute Gasteiger partial charge is 0.308 e. The molecule has 2 heterocycles. The Bertz CT molecular complexity index is 682. The van der Waals surface area contributed by atoms with E-state index in [0.29, 0.717) is 36.6 Å². The minimum absolute atomic E-state index is 0.364. The minimum atomic E-state index is -0.812. The summed E-state index contributed by atoms with van der Waals surface area (Å²) in [6, 6.07) is 4.93. The normalized spacial score (nSPS) is 18.5. The van der Waals surface area contributed by atoms with Crippen LogP contribution in [0.15, 0.2) is 24.3 Å². The van der Waals surface area contributed by atoms with Crippen molar-refractivity contribution in [3.63, 3.8) is 0 Å². The van der Waals surface area contributed by atoms with Crippen LogP contribution in [-0.4, -0.2) is 34.4 Å². The lowest BCUT2D eigenvalue weighted by molar-refractivity contribution is -0.141. The number of carboxylic acid groups (broad SMARTS) is 1.